The number of anilines is 1. The van der Waals surface area contributed by atoms with Gasteiger partial charge in [-0.1, -0.05) is 23.5 Å². The monoisotopic (exact) mass is 428 g/mol. The number of methoxy groups -OCH3 is 3. The summed E-state index contributed by atoms with van der Waals surface area (Å²) in [6.45, 7) is 1.13. The molecule has 158 valence electrons. The fourth-order valence-electron chi connectivity index (χ4n) is 3.63. The molecular formula is C22H24N2O5S. The van der Waals surface area contributed by atoms with Crippen LogP contribution in [-0.2, 0) is 4.74 Å². The van der Waals surface area contributed by atoms with Crippen LogP contribution in [0.2, 0.25) is 0 Å². The molecule has 2 heterocycles. The molecule has 7 nitrogen and oxygen atoms in total. The van der Waals surface area contributed by atoms with Gasteiger partial charge in [-0.05, 0) is 37.1 Å². The van der Waals surface area contributed by atoms with Crippen molar-refractivity contribution in [3.05, 3.63) is 42.0 Å². The number of fused-ring (bicyclic) bond motifs is 1. The Kier molecular flexibility index (Phi) is 6.06. The van der Waals surface area contributed by atoms with Crippen LogP contribution in [0.5, 0.6) is 17.2 Å². The number of thiazole rings is 1. The van der Waals surface area contributed by atoms with E-state index >= 15 is 0 Å². The molecule has 1 aromatic heterocycles. The van der Waals surface area contributed by atoms with Gasteiger partial charge in [-0.15, -0.1) is 0 Å². The Morgan fingerprint density at radius 3 is 2.60 bits per heavy atom. The van der Waals surface area contributed by atoms with Gasteiger partial charge in [-0.25, -0.2) is 4.98 Å². The maximum Gasteiger partial charge on any atom is 0.264 e. The summed E-state index contributed by atoms with van der Waals surface area (Å²) in [7, 11) is 4.70. The molecule has 4 rings (SSSR count). The van der Waals surface area contributed by atoms with Crippen molar-refractivity contribution in [2.24, 2.45) is 0 Å². The molecule has 0 aliphatic carbocycles. The van der Waals surface area contributed by atoms with Gasteiger partial charge in [0.15, 0.2) is 16.6 Å². The van der Waals surface area contributed by atoms with Crippen LogP contribution in [0.15, 0.2) is 36.4 Å². The van der Waals surface area contributed by atoms with Gasteiger partial charge in [-0.3, -0.25) is 9.69 Å². The van der Waals surface area contributed by atoms with E-state index in [0.717, 1.165) is 23.1 Å². The van der Waals surface area contributed by atoms with Crippen molar-refractivity contribution in [1.82, 2.24) is 4.98 Å². The molecule has 0 radical (unpaired) electrons. The summed E-state index contributed by atoms with van der Waals surface area (Å²) in [6, 6.07) is 11.0. The summed E-state index contributed by atoms with van der Waals surface area (Å²) in [5, 5.41) is 0.597. The van der Waals surface area contributed by atoms with E-state index in [9.17, 15) is 4.79 Å². The quantitative estimate of drug-likeness (QED) is 0.563. The lowest BCUT2D eigenvalue weighted by Crippen LogP contribution is -2.37. The maximum atomic E-state index is 13.7. The minimum absolute atomic E-state index is 0.0283. The van der Waals surface area contributed by atoms with Crippen LogP contribution < -0.4 is 19.1 Å². The van der Waals surface area contributed by atoms with Crippen LogP contribution in [-0.4, -0.2) is 51.5 Å². The fourth-order valence-corrected chi connectivity index (χ4v) is 4.62. The minimum Gasteiger partial charge on any atom is -0.494 e. The van der Waals surface area contributed by atoms with Crippen molar-refractivity contribution in [2.75, 3.05) is 39.4 Å². The molecule has 0 bridgehead atoms. The predicted molar refractivity (Wildman–Crippen MR) is 116 cm³/mol. The number of para-hydroxylation sites is 2. The topological polar surface area (TPSA) is 70.1 Å². The molecular weight excluding hydrogens is 404 g/mol. The van der Waals surface area contributed by atoms with Crippen LogP contribution in [0.1, 0.15) is 23.2 Å². The number of nitrogens with zero attached hydrogens (tertiary/aromatic N) is 2. The molecule has 1 saturated heterocycles. The highest BCUT2D eigenvalue weighted by molar-refractivity contribution is 7.22. The van der Waals surface area contributed by atoms with Crippen LogP contribution in [0.3, 0.4) is 0 Å². The molecule has 1 aliphatic rings. The smallest absolute Gasteiger partial charge is 0.264 e. The van der Waals surface area contributed by atoms with Crippen molar-refractivity contribution in [2.45, 2.75) is 18.9 Å². The third-order valence-electron chi connectivity index (χ3n) is 5.11. The number of benzene rings is 2. The van der Waals surface area contributed by atoms with Crippen molar-refractivity contribution >= 4 is 32.6 Å². The molecule has 30 heavy (non-hydrogen) atoms. The van der Waals surface area contributed by atoms with Gasteiger partial charge in [0.1, 0.15) is 11.3 Å². The standard InChI is InChI=1S/C22H24N2O5S/c1-26-16-9-5-11-18-19(16)23-22(30-18)24(13-14-7-6-12-29-14)21(25)15-8-4-10-17(27-2)20(15)28-3/h4-5,8-11,14H,6-7,12-13H2,1-3H3. The van der Waals surface area contributed by atoms with E-state index in [4.69, 9.17) is 23.9 Å². The zero-order chi connectivity index (χ0) is 21.1. The zero-order valence-corrected chi connectivity index (χ0v) is 18.0. The second kappa shape index (κ2) is 8.89. The molecule has 8 heteroatoms. The van der Waals surface area contributed by atoms with Gasteiger partial charge in [0.25, 0.3) is 5.91 Å². The minimum atomic E-state index is -0.209. The lowest BCUT2D eigenvalue weighted by Gasteiger charge is -2.24. The first-order chi connectivity index (χ1) is 14.7. The lowest BCUT2D eigenvalue weighted by molar-refractivity contribution is 0.0914. The fraction of sp³-hybridized carbons (Fsp3) is 0.364. The van der Waals surface area contributed by atoms with E-state index in [1.54, 1.807) is 37.3 Å². The number of rotatable bonds is 7. The summed E-state index contributed by atoms with van der Waals surface area (Å²) in [6.07, 6.45) is 1.87. The second-order valence-electron chi connectivity index (χ2n) is 6.90. The highest BCUT2D eigenvalue weighted by atomic mass is 32.1. The van der Waals surface area contributed by atoms with Crippen molar-refractivity contribution in [1.29, 1.82) is 0 Å². The van der Waals surface area contributed by atoms with Gasteiger partial charge in [0.2, 0.25) is 0 Å². The van der Waals surface area contributed by atoms with Crippen LogP contribution >= 0.6 is 11.3 Å². The SMILES string of the molecule is COc1cccc(C(=O)N(CC2CCCO2)c2nc3c(OC)cccc3s2)c1OC. The molecule has 2 aromatic carbocycles. The van der Waals surface area contributed by atoms with Crippen molar-refractivity contribution in [3.8, 4) is 17.2 Å². The number of aromatic nitrogens is 1. The predicted octanol–water partition coefficient (Wildman–Crippen LogP) is 4.15. The number of amides is 1. The van der Waals surface area contributed by atoms with Gasteiger partial charge >= 0.3 is 0 Å². The Morgan fingerprint density at radius 1 is 1.13 bits per heavy atom. The molecule has 1 amide bonds. The number of carbonyl (C=O) groups excluding carboxylic acids is 1. The first-order valence-corrected chi connectivity index (χ1v) is 10.6. The Morgan fingerprint density at radius 2 is 1.90 bits per heavy atom. The zero-order valence-electron chi connectivity index (χ0n) is 17.2. The molecule has 0 N–H and O–H groups in total. The summed E-state index contributed by atoms with van der Waals surface area (Å²) in [5.74, 6) is 1.38. The van der Waals surface area contributed by atoms with Crippen LogP contribution in [0, 0.1) is 0 Å². The van der Waals surface area contributed by atoms with Crippen molar-refractivity contribution < 1.29 is 23.7 Å². The molecule has 3 aromatic rings. The highest BCUT2D eigenvalue weighted by Gasteiger charge is 2.29. The molecule has 1 unspecified atom stereocenters. The largest absolute Gasteiger partial charge is 0.494 e. The third kappa shape index (κ3) is 3.80. The molecule has 0 saturated carbocycles. The van der Waals surface area contributed by atoms with E-state index in [-0.39, 0.29) is 12.0 Å². The number of hydrogen-bond donors (Lipinski definition) is 0. The number of hydrogen-bond acceptors (Lipinski definition) is 7. The molecule has 1 aliphatic heterocycles. The summed E-state index contributed by atoms with van der Waals surface area (Å²) < 4.78 is 23.1. The van der Waals surface area contributed by atoms with E-state index in [1.165, 1.54) is 18.4 Å². The maximum absolute atomic E-state index is 13.7. The first kappa shape index (κ1) is 20.4. The molecule has 1 fully saturated rings. The average molecular weight is 429 g/mol. The number of ether oxygens (including phenoxy) is 4. The average Bonchev–Trinajstić information content (AvgIpc) is 3.45. The number of carbonyl (C=O) groups is 1. The Balaban J connectivity index is 1.78. The Hall–Kier alpha value is -2.84. The summed E-state index contributed by atoms with van der Waals surface area (Å²) >= 11 is 1.45. The first-order valence-electron chi connectivity index (χ1n) is 9.74. The van der Waals surface area contributed by atoms with Crippen molar-refractivity contribution in [3.63, 3.8) is 0 Å². The molecule has 0 spiro atoms. The van der Waals surface area contributed by atoms with Gasteiger partial charge in [-0.2, -0.15) is 0 Å². The van der Waals surface area contributed by atoms with E-state index in [0.29, 0.717) is 41.1 Å². The van der Waals surface area contributed by atoms with E-state index < -0.39 is 0 Å². The normalized spacial score (nSPS) is 15.9. The Bertz CT molecular complexity index is 1050. The Labute approximate surface area is 179 Å². The van der Waals surface area contributed by atoms with Gasteiger partial charge in [0, 0.05) is 6.61 Å². The van der Waals surface area contributed by atoms with Crippen LogP contribution in [0.25, 0.3) is 10.2 Å². The summed E-state index contributed by atoms with van der Waals surface area (Å²) in [4.78, 5) is 20.1. The second-order valence-corrected chi connectivity index (χ2v) is 7.90. The third-order valence-corrected chi connectivity index (χ3v) is 6.15. The van der Waals surface area contributed by atoms with Gasteiger partial charge in [0.05, 0.1) is 44.2 Å². The molecule has 1 atom stereocenters. The van der Waals surface area contributed by atoms with Gasteiger partial charge < -0.3 is 18.9 Å². The van der Waals surface area contributed by atoms with E-state index in [1.807, 2.05) is 18.2 Å². The lowest BCUT2D eigenvalue weighted by atomic mass is 10.1. The summed E-state index contributed by atoms with van der Waals surface area (Å²) in [5.41, 5.74) is 1.16. The van der Waals surface area contributed by atoms with Crippen LogP contribution in [0.4, 0.5) is 5.13 Å². The van der Waals surface area contributed by atoms with E-state index in [2.05, 4.69) is 0 Å². The highest BCUT2D eigenvalue weighted by Crippen LogP contribution is 2.37.